The summed E-state index contributed by atoms with van der Waals surface area (Å²) in [6.07, 6.45) is 1.65. The molecule has 2 heterocycles. The highest BCUT2D eigenvalue weighted by molar-refractivity contribution is 6.31. The molecular formula is C30H26ClNO5. The van der Waals surface area contributed by atoms with Crippen LogP contribution in [0.25, 0.3) is 11.0 Å². The monoisotopic (exact) mass is 515 g/mol. The normalized spacial score (nSPS) is 14.6. The Morgan fingerprint density at radius 1 is 1.05 bits per heavy atom. The molecule has 1 amide bonds. The predicted molar refractivity (Wildman–Crippen MR) is 144 cm³/mol. The third kappa shape index (κ3) is 4.49. The van der Waals surface area contributed by atoms with E-state index in [9.17, 15) is 9.59 Å². The van der Waals surface area contributed by atoms with E-state index in [-0.39, 0.29) is 23.6 Å². The Morgan fingerprint density at radius 3 is 2.62 bits per heavy atom. The number of benzene rings is 3. The number of hydrogen-bond acceptors (Lipinski definition) is 5. The molecule has 5 rings (SSSR count). The van der Waals surface area contributed by atoms with Crippen LogP contribution in [-0.2, 0) is 6.54 Å². The lowest BCUT2D eigenvalue weighted by Gasteiger charge is -2.26. The van der Waals surface area contributed by atoms with Gasteiger partial charge in [-0.2, -0.15) is 0 Å². The number of nitrogens with zero attached hydrogens (tertiary/aromatic N) is 1. The summed E-state index contributed by atoms with van der Waals surface area (Å²) in [6, 6.07) is 17.4. The van der Waals surface area contributed by atoms with E-state index in [1.165, 1.54) is 0 Å². The molecule has 1 aliphatic heterocycles. The molecule has 1 unspecified atom stereocenters. The zero-order valence-electron chi connectivity index (χ0n) is 20.6. The van der Waals surface area contributed by atoms with Gasteiger partial charge in [-0.25, -0.2) is 0 Å². The molecule has 3 aromatic carbocycles. The molecule has 1 atom stereocenters. The molecule has 6 nitrogen and oxygen atoms in total. The molecule has 188 valence electrons. The van der Waals surface area contributed by atoms with Crippen LogP contribution in [0, 0.1) is 6.92 Å². The van der Waals surface area contributed by atoms with E-state index in [2.05, 4.69) is 6.58 Å². The highest BCUT2D eigenvalue weighted by Crippen LogP contribution is 2.42. The van der Waals surface area contributed by atoms with Gasteiger partial charge >= 0.3 is 0 Å². The van der Waals surface area contributed by atoms with Crippen molar-refractivity contribution in [2.24, 2.45) is 0 Å². The average molecular weight is 516 g/mol. The first-order chi connectivity index (χ1) is 17.9. The van der Waals surface area contributed by atoms with Crippen LogP contribution in [0.15, 0.2) is 82.5 Å². The van der Waals surface area contributed by atoms with E-state index in [1.807, 2.05) is 50.2 Å². The second kappa shape index (κ2) is 10.1. The van der Waals surface area contributed by atoms with Gasteiger partial charge in [-0.3, -0.25) is 9.59 Å². The number of rotatable bonds is 8. The molecule has 0 saturated carbocycles. The van der Waals surface area contributed by atoms with Gasteiger partial charge in [0.05, 0.1) is 23.6 Å². The Kier molecular flexibility index (Phi) is 6.76. The molecular weight excluding hydrogens is 490 g/mol. The van der Waals surface area contributed by atoms with Crippen molar-refractivity contribution in [3.05, 3.63) is 117 Å². The Balaban J connectivity index is 1.71. The van der Waals surface area contributed by atoms with Gasteiger partial charge in [-0.1, -0.05) is 60.2 Å². The lowest BCUT2D eigenvalue weighted by Crippen LogP contribution is -2.29. The maximum Gasteiger partial charge on any atom is 0.291 e. The Hall–Kier alpha value is -4.03. The second-order valence-electron chi connectivity index (χ2n) is 8.84. The summed E-state index contributed by atoms with van der Waals surface area (Å²) in [4.78, 5) is 29.2. The molecule has 1 aromatic heterocycles. The minimum atomic E-state index is -0.701. The van der Waals surface area contributed by atoms with E-state index in [0.29, 0.717) is 51.8 Å². The van der Waals surface area contributed by atoms with Gasteiger partial charge in [-0.15, -0.1) is 0 Å². The first-order valence-electron chi connectivity index (χ1n) is 12.0. The van der Waals surface area contributed by atoms with Crippen LogP contribution in [0.2, 0.25) is 5.02 Å². The fraction of sp³-hybridized carbons (Fsp3) is 0.200. The SMILES string of the molecule is C=CCOc1ccc(C2c3c(oc4ccc(C)cc4c3=O)C(=O)N2Cc2ccccc2Cl)cc1OCC. The van der Waals surface area contributed by atoms with Crippen molar-refractivity contribution < 1.29 is 18.7 Å². The Morgan fingerprint density at radius 2 is 1.86 bits per heavy atom. The molecule has 37 heavy (non-hydrogen) atoms. The minimum absolute atomic E-state index is 0.0448. The summed E-state index contributed by atoms with van der Waals surface area (Å²) in [7, 11) is 0. The summed E-state index contributed by atoms with van der Waals surface area (Å²) in [5.74, 6) is 0.739. The average Bonchev–Trinajstić information content (AvgIpc) is 3.17. The van der Waals surface area contributed by atoms with Crippen LogP contribution < -0.4 is 14.9 Å². The molecule has 0 radical (unpaired) electrons. The third-order valence-electron chi connectivity index (χ3n) is 6.36. The van der Waals surface area contributed by atoms with Gasteiger partial charge in [0, 0.05) is 11.6 Å². The van der Waals surface area contributed by atoms with Crippen molar-refractivity contribution in [3.63, 3.8) is 0 Å². The van der Waals surface area contributed by atoms with E-state index >= 15 is 0 Å². The van der Waals surface area contributed by atoms with Gasteiger partial charge in [-0.05, 0) is 55.3 Å². The molecule has 0 aliphatic carbocycles. The van der Waals surface area contributed by atoms with Crippen molar-refractivity contribution >= 4 is 28.5 Å². The lowest BCUT2D eigenvalue weighted by atomic mass is 9.97. The minimum Gasteiger partial charge on any atom is -0.490 e. The van der Waals surface area contributed by atoms with Crippen LogP contribution in [0.1, 0.15) is 45.8 Å². The molecule has 0 N–H and O–H groups in total. The van der Waals surface area contributed by atoms with Crippen molar-refractivity contribution in [1.29, 1.82) is 0 Å². The van der Waals surface area contributed by atoms with E-state index < -0.39 is 6.04 Å². The van der Waals surface area contributed by atoms with E-state index in [0.717, 1.165) is 11.1 Å². The van der Waals surface area contributed by atoms with Crippen molar-refractivity contribution in [3.8, 4) is 11.5 Å². The van der Waals surface area contributed by atoms with Crippen LogP contribution >= 0.6 is 11.6 Å². The predicted octanol–water partition coefficient (Wildman–Crippen LogP) is 6.46. The zero-order valence-corrected chi connectivity index (χ0v) is 21.4. The Bertz CT molecular complexity index is 1570. The first-order valence-corrected chi connectivity index (χ1v) is 12.4. The lowest BCUT2D eigenvalue weighted by molar-refractivity contribution is 0.0714. The topological polar surface area (TPSA) is 69.0 Å². The highest BCUT2D eigenvalue weighted by Gasteiger charge is 2.43. The number of ether oxygens (including phenoxy) is 2. The van der Waals surface area contributed by atoms with Gasteiger partial charge < -0.3 is 18.8 Å². The number of halogens is 1. The van der Waals surface area contributed by atoms with Gasteiger partial charge in [0.1, 0.15) is 12.2 Å². The first kappa shape index (κ1) is 24.7. The summed E-state index contributed by atoms with van der Waals surface area (Å²) in [5, 5.41) is 0.973. The fourth-order valence-electron chi connectivity index (χ4n) is 4.68. The van der Waals surface area contributed by atoms with Crippen LogP contribution in [0.3, 0.4) is 0 Å². The number of carbonyl (C=O) groups excluding carboxylic acids is 1. The second-order valence-corrected chi connectivity index (χ2v) is 9.25. The number of aryl methyl sites for hydroxylation is 1. The molecule has 0 spiro atoms. The van der Waals surface area contributed by atoms with Crippen LogP contribution in [-0.4, -0.2) is 24.0 Å². The summed E-state index contributed by atoms with van der Waals surface area (Å²) < 4.78 is 17.7. The number of amides is 1. The quantitative estimate of drug-likeness (QED) is 0.252. The number of hydrogen-bond donors (Lipinski definition) is 0. The molecule has 0 saturated heterocycles. The van der Waals surface area contributed by atoms with Gasteiger partial charge in [0.2, 0.25) is 5.76 Å². The van der Waals surface area contributed by atoms with Crippen molar-refractivity contribution in [2.75, 3.05) is 13.2 Å². The van der Waals surface area contributed by atoms with E-state index in [1.54, 1.807) is 35.2 Å². The van der Waals surface area contributed by atoms with Crippen molar-refractivity contribution in [2.45, 2.75) is 26.4 Å². The van der Waals surface area contributed by atoms with Gasteiger partial charge in [0.25, 0.3) is 5.91 Å². The van der Waals surface area contributed by atoms with Crippen LogP contribution in [0.4, 0.5) is 0 Å². The smallest absolute Gasteiger partial charge is 0.291 e. The number of fused-ring (bicyclic) bond motifs is 2. The maximum absolute atomic E-state index is 13.9. The molecule has 0 fully saturated rings. The molecule has 4 aromatic rings. The zero-order chi connectivity index (χ0) is 26.1. The summed E-state index contributed by atoms with van der Waals surface area (Å²) in [6.45, 7) is 8.42. The summed E-state index contributed by atoms with van der Waals surface area (Å²) >= 11 is 6.46. The maximum atomic E-state index is 13.9. The largest absolute Gasteiger partial charge is 0.490 e. The van der Waals surface area contributed by atoms with Crippen LogP contribution in [0.5, 0.6) is 11.5 Å². The summed E-state index contributed by atoms with van der Waals surface area (Å²) in [5.41, 5.74) is 2.84. The standard InChI is InChI=1S/C30H26ClNO5/c1-4-14-36-24-13-11-19(16-25(24)35-5-2)27-26-28(33)21-15-18(3)10-12-23(21)37-29(26)30(34)32(27)17-20-8-6-7-9-22(20)31/h4,6-13,15-16,27H,1,5,14,17H2,2-3H3. The Labute approximate surface area is 219 Å². The fourth-order valence-corrected chi connectivity index (χ4v) is 4.88. The number of carbonyl (C=O) groups is 1. The molecule has 7 heteroatoms. The highest BCUT2D eigenvalue weighted by atomic mass is 35.5. The molecule has 1 aliphatic rings. The van der Waals surface area contributed by atoms with E-state index in [4.69, 9.17) is 25.5 Å². The van der Waals surface area contributed by atoms with Crippen molar-refractivity contribution in [1.82, 2.24) is 4.90 Å². The third-order valence-corrected chi connectivity index (χ3v) is 6.73. The van der Waals surface area contributed by atoms with Gasteiger partial charge in [0.15, 0.2) is 16.9 Å². The molecule has 0 bridgehead atoms.